The number of carboxylic acid groups (broad SMARTS) is 1. The molecule has 1 amide bonds. The van der Waals surface area contributed by atoms with Crippen LogP contribution in [0.4, 0.5) is 0 Å². The zero-order valence-electron chi connectivity index (χ0n) is 10.1. The van der Waals surface area contributed by atoms with Gasteiger partial charge in [0.15, 0.2) is 6.04 Å². The Morgan fingerprint density at radius 3 is 2.61 bits per heavy atom. The molecule has 0 aromatic carbocycles. The molecule has 0 saturated carbocycles. The highest BCUT2D eigenvalue weighted by molar-refractivity contribution is 6.31. The predicted octanol–water partition coefficient (Wildman–Crippen LogP) is 0.725. The Balaban J connectivity index is 2.90. The summed E-state index contributed by atoms with van der Waals surface area (Å²) >= 11 is 5.78. The highest BCUT2D eigenvalue weighted by atomic mass is 35.5. The van der Waals surface area contributed by atoms with Crippen LogP contribution < -0.4 is 5.32 Å². The number of aliphatic carboxylic acids is 1. The first-order chi connectivity index (χ1) is 8.36. The van der Waals surface area contributed by atoms with E-state index < -0.39 is 24.0 Å². The molecular formula is C11H15ClN2O4. The molecule has 7 heteroatoms. The number of halogens is 1. The molecular weight excluding hydrogens is 260 g/mol. The van der Waals surface area contributed by atoms with E-state index in [2.05, 4.69) is 5.32 Å². The number of nitrogens with zero attached hydrogens (tertiary/aromatic N) is 1. The van der Waals surface area contributed by atoms with Gasteiger partial charge in [0.25, 0.3) is 5.91 Å². The summed E-state index contributed by atoms with van der Waals surface area (Å²) in [7, 11) is 0. The van der Waals surface area contributed by atoms with Gasteiger partial charge < -0.3 is 20.1 Å². The Labute approximate surface area is 109 Å². The lowest BCUT2D eigenvalue weighted by Crippen LogP contribution is -2.48. The van der Waals surface area contributed by atoms with Gasteiger partial charge in [-0.2, -0.15) is 0 Å². The Hall–Kier alpha value is -1.53. The summed E-state index contributed by atoms with van der Waals surface area (Å²) < 4.78 is 1.60. The molecule has 6 nitrogen and oxygen atoms in total. The molecule has 0 aliphatic rings. The smallest absolute Gasteiger partial charge is 0.328 e. The number of hydrogen-bond acceptors (Lipinski definition) is 3. The van der Waals surface area contributed by atoms with Crippen LogP contribution in [0.2, 0.25) is 5.02 Å². The molecule has 0 radical (unpaired) electrons. The molecule has 1 aromatic rings. The number of aliphatic hydroxyl groups is 1. The third kappa shape index (κ3) is 3.24. The van der Waals surface area contributed by atoms with Crippen molar-refractivity contribution in [2.24, 2.45) is 0 Å². The van der Waals surface area contributed by atoms with E-state index in [4.69, 9.17) is 16.7 Å². The number of carbonyl (C=O) groups is 2. The zero-order valence-corrected chi connectivity index (χ0v) is 10.8. The molecule has 0 fully saturated rings. The Bertz CT molecular complexity index is 456. The van der Waals surface area contributed by atoms with Crippen LogP contribution in [0, 0.1) is 0 Å². The van der Waals surface area contributed by atoms with Gasteiger partial charge in [-0.25, -0.2) is 4.79 Å². The van der Waals surface area contributed by atoms with Gasteiger partial charge in [0, 0.05) is 12.7 Å². The fourth-order valence-electron chi connectivity index (χ4n) is 1.53. The van der Waals surface area contributed by atoms with E-state index in [9.17, 15) is 14.7 Å². The maximum Gasteiger partial charge on any atom is 0.328 e. The largest absolute Gasteiger partial charge is 0.480 e. The van der Waals surface area contributed by atoms with Gasteiger partial charge in [-0.1, -0.05) is 11.6 Å². The fourth-order valence-corrected chi connectivity index (χ4v) is 1.75. The lowest BCUT2D eigenvalue weighted by atomic mass is 10.2. The van der Waals surface area contributed by atoms with Crippen molar-refractivity contribution in [2.75, 3.05) is 0 Å². The number of rotatable bonds is 5. The van der Waals surface area contributed by atoms with Crippen LogP contribution in [0.15, 0.2) is 12.3 Å². The average Bonchev–Trinajstić information content (AvgIpc) is 2.66. The molecule has 100 valence electrons. The van der Waals surface area contributed by atoms with Gasteiger partial charge in [0.1, 0.15) is 5.69 Å². The van der Waals surface area contributed by atoms with Crippen molar-refractivity contribution in [3.05, 3.63) is 23.0 Å². The SMILES string of the molecule is CCn1cc(Cl)cc1C(=O)NC(C(=O)O)C(C)O. The van der Waals surface area contributed by atoms with Crippen molar-refractivity contribution in [1.29, 1.82) is 0 Å². The van der Waals surface area contributed by atoms with E-state index in [1.807, 2.05) is 6.92 Å². The third-order valence-corrected chi connectivity index (χ3v) is 2.68. The molecule has 1 heterocycles. The topological polar surface area (TPSA) is 91.6 Å². The molecule has 0 spiro atoms. The Kier molecular flexibility index (Phi) is 4.75. The molecule has 3 N–H and O–H groups in total. The van der Waals surface area contributed by atoms with Crippen LogP contribution in [0.1, 0.15) is 24.3 Å². The second-order valence-electron chi connectivity index (χ2n) is 3.86. The van der Waals surface area contributed by atoms with Crippen LogP contribution in [0.3, 0.4) is 0 Å². The van der Waals surface area contributed by atoms with Gasteiger partial charge in [0.05, 0.1) is 11.1 Å². The van der Waals surface area contributed by atoms with Crippen molar-refractivity contribution in [3.63, 3.8) is 0 Å². The summed E-state index contributed by atoms with van der Waals surface area (Å²) in [5, 5.41) is 20.8. The summed E-state index contributed by atoms with van der Waals surface area (Å²) in [6.45, 7) is 3.66. The van der Waals surface area contributed by atoms with E-state index in [1.54, 1.807) is 10.8 Å². The molecule has 18 heavy (non-hydrogen) atoms. The van der Waals surface area contributed by atoms with Gasteiger partial charge >= 0.3 is 5.97 Å². The van der Waals surface area contributed by atoms with Gasteiger partial charge in [0.2, 0.25) is 0 Å². The standard InChI is InChI=1S/C11H15ClN2O4/c1-3-14-5-7(12)4-8(14)10(16)13-9(6(2)15)11(17)18/h4-6,9,15H,3H2,1-2H3,(H,13,16)(H,17,18). The highest BCUT2D eigenvalue weighted by Gasteiger charge is 2.26. The highest BCUT2D eigenvalue weighted by Crippen LogP contribution is 2.14. The number of carboxylic acids is 1. The Morgan fingerprint density at radius 1 is 1.56 bits per heavy atom. The Morgan fingerprint density at radius 2 is 2.17 bits per heavy atom. The number of aliphatic hydroxyl groups excluding tert-OH is 1. The summed E-state index contributed by atoms with van der Waals surface area (Å²) in [5.74, 6) is -1.88. The average molecular weight is 275 g/mol. The minimum Gasteiger partial charge on any atom is -0.480 e. The van der Waals surface area contributed by atoms with Crippen molar-refractivity contribution < 1.29 is 19.8 Å². The molecule has 0 bridgehead atoms. The molecule has 1 rings (SSSR count). The van der Waals surface area contributed by atoms with E-state index in [0.29, 0.717) is 11.6 Å². The summed E-state index contributed by atoms with van der Waals surface area (Å²) in [6, 6.07) is 0.0953. The van der Waals surface area contributed by atoms with Crippen molar-refractivity contribution in [1.82, 2.24) is 9.88 Å². The van der Waals surface area contributed by atoms with E-state index >= 15 is 0 Å². The first-order valence-corrected chi connectivity index (χ1v) is 5.82. The van der Waals surface area contributed by atoms with Crippen LogP contribution in [0.5, 0.6) is 0 Å². The third-order valence-electron chi connectivity index (χ3n) is 2.47. The number of carbonyl (C=O) groups excluding carboxylic acids is 1. The quantitative estimate of drug-likeness (QED) is 0.738. The van der Waals surface area contributed by atoms with E-state index in [1.165, 1.54) is 13.0 Å². The molecule has 2 unspecified atom stereocenters. The summed E-state index contributed by atoms with van der Waals surface area (Å²) in [5.41, 5.74) is 0.259. The normalized spacial score (nSPS) is 14.0. The monoisotopic (exact) mass is 274 g/mol. The van der Waals surface area contributed by atoms with Crippen molar-refractivity contribution >= 4 is 23.5 Å². The summed E-state index contributed by atoms with van der Waals surface area (Å²) in [6.07, 6.45) is 0.390. The van der Waals surface area contributed by atoms with E-state index in [-0.39, 0.29) is 5.69 Å². The number of hydrogen-bond donors (Lipinski definition) is 3. The maximum absolute atomic E-state index is 11.9. The number of nitrogens with one attached hydrogen (secondary N) is 1. The minimum absolute atomic E-state index is 0.259. The molecule has 2 atom stereocenters. The molecule has 0 aliphatic carbocycles. The summed E-state index contributed by atoms with van der Waals surface area (Å²) in [4.78, 5) is 22.8. The lowest BCUT2D eigenvalue weighted by molar-refractivity contribution is -0.141. The minimum atomic E-state index is -1.35. The molecule has 1 aromatic heterocycles. The van der Waals surface area contributed by atoms with Crippen LogP contribution in [-0.4, -0.2) is 38.8 Å². The van der Waals surface area contributed by atoms with Crippen molar-refractivity contribution in [3.8, 4) is 0 Å². The number of amides is 1. The van der Waals surface area contributed by atoms with Crippen LogP contribution >= 0.6 is 11.6 Å². The second-order valence-corrected chi connectivity index (χ2v) is 4.30. The van der Waals surface area contributed by atoms with Gasteiger partial charge in [-0.3, -0.25) is 4.79 Å². The van der Waals surface area contributed by atoms with Crippen molar-refractivity contribution in [2.45, 2.75) is 32.5 Å². The van der Waals surface area contributed by atoms with Gasteiger partial charge in [-0.05, 0) is 19.9 Å². The lowest BCUT2D eigenvalue weighted by Gasteiger charge is -2.17. The van der Waals surface area contributed by atoms with Gasteiger partial charge in [-0.15, -0.1) is 0 Å². The molecule has 0 aliphatic heterocycles. The molecule has 0 saturated heterocycles. The predicted molar refractivity (Wildman–Crippen MR) is 65.7 cm³/mol. The number of aromatic nitrogens is 1. The van der Waals surface area contributed by atoms with Crippen LogP contribution in [-0.2, 0) is 11.3 Å². The maximum atomic E-state index is 11.9. The van der Waals surface area contributed by atoms with Crippen LogP contribution in [0.25, 0.3) is 0 Å². The first-order valence-electron chi connectivity index (χ1n) is 5.44. The van der Waals surface area contributed by atoms with E-state index in [0.717, 1.165) is 0 Å². The number of aryl methyl sites for hydroxylation is 1. The fraction of sp³-hybridized carbons (Fsp3) is 0.455. The zero-order chi connectivity index (χ0) is 13.9. The second kappa shape index (κ2) is 5.88. The first kappa shape index (κ1) is 14.5.